The van der Waals surface area contributed by atoms with E-state index in [-0.39, 0.29) is 0 Å². The molecular formula is C21H19N. The number of hydrogen-bond acceptors (Lipinski definition) is 0. The first kappa shape index (κ1) is 13.1. The van der Waals surface area contributed by atoms with Crippen LogP contribution in [0, 0.1) is 6.92 Å². The molecule has 0 amide bonds. The lowest BCUT2D eigenvalue weighted by molar-refractivity contribution is 1.10. The van der Waals surface area contributed by atoms with Gasteiger partial charge < -0.3 is 4.57 Å². The normalized spacial score (nSPS) is 13.8. The zero-order valence-corrected chi connectivity index (χ0v) is 13.0. The molecule has 0 saturated heterocycles. The van der Waals surface area contributed by atoms with Crippen LogP contribution in [0.1, 0.15) is 30.2 Å². The molecule has 0 unspecified atom stereocenters. The molecule has 1 nitrogen and oxygen atoms in total. The van der Waals surface area contributed by atoms with Crippen molar-refractivity contribution in [3.63, 3.8) is 0 Å². The third-order valence-corrected chi connectivity index (χ3v) is 4.32. The Morgan fingerprint density at radius 2 is 1.77 bits per heavy atom. The molecule has 1 aliphatic rings. The summed E-state index contributed by atoms with van der Waals surface area (Å²) in [5.74, 6) is 0. The SMILES string of the molecule is CC1=Cc2c(c3ccc(C)cc3n2-c2ccccc2)C=CC1. The van der Waals surface area contributed by atoms with Crippen molar-refractivity contribution in [3.05, 3.63) is 77.0 Å². The molecule has 0 fully saturated rings. The minimum Gasteiger partial charge on any atom is -0.309 e. The molecule has 3 aromatic rings. The molecule has 108 valence electrons. The first-order chi connectivity index (χ1) is 10.7. The van der Waals surface area contributed by atoms with E-state index in [0.29, 0.717) is 0 Å². The number of aryl methyl sites for hydroxylation is 1. The van der Waals surface area contributed by atoms with Gasteiger partial charge in [0, 0.05) is 16.6 Å². The van der Waals surface area contributed by atoms with Crippen LogP contribution in [0.3, 0.4) is 0 Å². The summed E-state index contributed by atoms with van der Waals surface area (Å²) in [6.07, 6.45) is 7.90. The summed E-state index contributed by atoms with van der Waals surface area (Å²) >= 11 is 0. The van der Waals surface area contributed by atoms with Crippen LogP contribution in [0.4, 0.5) is 0 Å². The lowest BCUT2D eigenvalue weighted by Gasteiger charge is -2.09. The maximum Gasteiger partial charge on any atom is 0.0543 e. The van der Waals surface area contributed by atoms with E-state index in [1.165, 1.54) is 39.0 Å². The molecule has 1 heteroatoms. The second kappa shape index (κ2) is 5.03. The molecule has 22 heavy (non-hydrogen) atoms. The fourth-order valence-corrected chi connectivity index (χ4v) is 3.27. The van der Waals surface area contributed by atoms with Gasteiger partial charge in [-0.25, -0.2) is 0 Å². The van der Waals surface area contributed by atoms with Gasteiger partial charge in [-0.3, -0.25) is 0 Å². The molecule has 4 rings (SSSR count). The number of nitrogens with zero attached hydrogens (tertiary/aromatic N) is 1. The summed E-state index contributed by atoms with van der Waals surface area (Å²) in [6, 6.07) is 17.4. The molecule has 0 spiro atoms. The average molecular weight is 285 g/mol. The molecule has 0 N–H and O–H groups in total. The molecule has 0 radical (unpaired) electrons. The van der Waals surface area contributed by atoms with Gasteiger partial charge >= 0.3 is 0 Å². The summed E-state index contributed by atoms with van der Waals surface area (Å²) < 4.78 is 2.39. The van der Waals surface area contributed by atoms with Crippen molar-refractivity contribution in [2.45, 2.75) is 20.3 Å². The predicted octanol–water partition coefficient (Wildman–Crippen LogP) is 5.76. The minimum absolute atomic E-state index is 1.02. The number of hydrogen-bond donors (Lipinski definition) is 0. The van der Waals surface area contributed by atoms with Crippen molar-refractivity contribution in [2.24, 2.45) is 0 Å². The number of para-hydroxylation sites is 1. The maximum absolute atomic E-state index is 2.39. The van der Waals surface area contributed by atoms with Crippen LogP contribution in [-0.4, -0.2) is 4.57 Å². The van der Waals surface area contributed by atoms with E-state index < -0.39 is 0 Å². The third kappa shape index (κ3) is 2.01. The molecule has 0 aliphatic heterocycles. The first-order valence-electron chi connectivity index (χ1n) is 7.78. The zero-order chi connectivity index (χ0) is 15.1. The Balaban J connectivity index is 2.16. The van der Waals surface area contributed by atoms with E-state index in [2.05, 4.69) is 85.2 Å². The standard InChI is InChI=1S/C21H19N/c1-15-7-6-10-18-19-12-11-16(2)14-21(19)22(20(18)13-15)17-8-4-3-5-9-17/h3-6,8-14H,7H2,1-2H3. The van der Waals surface area contributed by atoms with Gasteiger partial charge in [-0.2, -0.15) is 0 Å². The van der Waals surface area contributed by atoms with Gasteiger partial charge in [0.25, 0.3) is 0 Å². The molecule has 1 heterocycles. The topological polar surface area (TPSA) is 4.93 Å². The van der Waals surface area contributed by atoms with E-state index in [0.717, 1.165) is 6.42 Å². The molecule has 1 aliphatic carbocycles. The van der Waals surface area contributed by atoms with Gasteiger partial charge in [-0.15, -0.1) is 0 Å². The lowest BCUT2D eigenvalue weighted by Crippen LogP contribution is -1.97. The molecule has 0 bridgehead atoms. The summed E-state index contributed by atoms with van der Waals surface area (Å²) in [7, 11) is 0. The van der Waals surface area contributed by atoms with Crippen molar-refractivity contribution >= 4 is 23.1 Å². The Bertz CT molecular complexity index is 908. The van der Waals surface area contributed by atoms with Crippen LogP contribution in [0.15, 0.2) is 60.2 Å². The Hall–Kier alpha value is -2.54. The highest BCUT2D eigenvalue weighted by Crippen LogP contribution is 2.34. The summed E-state index contributed by atoms with van der Waals surface area (Å²) in [6.45, 7) is 4.36. The van der Waals surface area contributed by atoms with Crippen LogP contribution in [-0.2, 0) is 0 Å². The van der Waals surface area contributed by atoms with Gasteiger partial charge in [-0.1, -0.05) is 48.1 Å². The minimum atomic E-state index is 1.02. The highest BCUT2D eigenvalue weighted by Gasteiger charge is 2.16. The summed E-state index contributed by atoms with van der Waals surface area (Å²) in [5, 5.41) is 1.33. The van der Waals surface area contributed by atoms with E-state index in [1.807, 2.05) is 0 Å². The third-order valence-electron chi connectivity index (χ3n) is 4.32. The first-order valence-corrected chi connectivity index (χ1v) is 7.78. The Morgan fingerprint density at radius 3 is 2.59 bits per heavy atom. The van der Waals surface area contributed by atoms with Crippen molar-refractivity contribution in [3.8, 4) is 5.69 Å². The molecular weight excluding hydrogens is 266 g/mol. The number of fused-ring (bicyclic) bond motifs is 3. The molecule has 1 aromatic heterocycles. The highest BCUT2D eigenvalue weighted by atomic mass is 15.0. The van der Waals surface area contributed by atoms with E-state index >= 15 is 0 Å². The number of aromatic nitrogens is 1. The van der Waals surface area contributed by atoms with E-state index in [9.17, 15) is 0 Å². The Kier molecular flexibility index (Phi) is 3.00. The number of benzene rings is 2. The largest absolute Gasteiger partial charge is 0.309 e. The van der Waals surface area contributed by atoms with Crippen LogP contribution < -0.4 is 0 Å². The summed E-state index contributed by atoms with van der Waals surface area (Å²) in [5.41, 5.74) is 7.81. The van der Waals surface area contributed by atoms with Gasteiger partial charge in [0.15, 0.2) is 0 Å². The van der Waals surface area contributed by atoms with Crippen LogP contribution >= 0.6 is 0 Å². The Labute approximate surface area is 131 Å². The van der Waals surface area contributed by atoms with Gasteiger partial charge in [0.2, 0.25) is 0 Å². The van der Waals surface area contributed by atoms with Gasteiger partial charge in [0.1, 0.15) is 0 Å². The van der Waals surface area contributed by atoms with Crippen molar-refractivity contribution in [1.82, 2.24) is 4.57 Å². The fourth-order valence-electron chi connectivity index (χ4n) is 3.27. The highest BCUT2D eigenvalue weighted by molar-refractivity contribution is 5.96. The van der Waals surface area contributed by atoms with Crippen LogP contribution in [0.5, 0.6) is 0 Å². The van der Waals surface area contributed by atoms with Crippen molar-refractivity contribution < 1.29 is 0 Å². The maximum atomic E-state index is 2.39. The zero-order valence-electron chi connectivity index (χ0n) is 13.0. The smallest absolute Gasteiger partial charge is 0.0543 e. The van der Waals surface area contributed by atoms with Gasteiger partial charge in [0.05, 0.1) is 11.2 Å². The molecule has 2 aromatic carbocycles. The van der Waals surface area contributed by atoms with Crippen molar-refractivity contribution in [2.75, 3.05) is 0 Å². The molecule has 0 saturated carbocycles. The lowest BCUT2D eigenvalue weighted by atomic mass is 10.1. The second-order valence-corrected chi connectivity index (χ2v) is 6.09. The van der Waals surface area contributed by atoms with E-state index in [1.54, 1.807) is 0 Å². The number of rotatable bonds is 1. The fraction of sp³-hybridized carbons (Fsp3) is 0.143. The number of allylic oxidation sites excluding steroid dienone is 2. The summed E-state index contributed by atoms with van der Waals surface area (Å²) in [4.78, 5) is 0. The molecule has 0 atom stereocenters. The Morgan fingerprint density at radius 1 is 0.955 bits per heavy atom. The average Bonchev–Trinajstić information content (AvgIpc) is 2.67. The monoisotopic (exact) mass is 285 g/mol. The van der Waals surface area contributed by atoms with Crippen molar-refractivity contribution in [1.29, 1.82) is 0 Å². The second-order valence-electron chi connectivity index (χ2n) is 6.09. The van der Waals surface area contributed by atoms with Gasteiger partial charge in [-0.05, 0) is 50.1 Å². The quantitative estimate of drug-likeness (QED) is 0.535. The van der Waals surface area contributed by atoms with Crippen LogP contribution in [0.25, 0.3) is 28.7 Å². The van der Waals surface area contributed by atoms with E-state index in [4.69, 9.17) is 0 Å². The predicted molar refractivity (Wildman–Crippen MR) is 95.3 cm³/mol. The van der Waals surface area contributed by atoms with Crippen LogP contribution in [0.2, 0.25) is 0 Å².